The number of hydrogen-bond acceptors (Lipinski definition) is 6. The topological polar surface area (TPSA) is 85.3 Å². The molecular weight excluding hydrogens is 434 g/mol. The highest BCUT2D eigenvalue weighted by atomic mass is 16.5. The van der Waals surface area contributed by atoms with Crippen LogP contribution in [-0.4, -0.2) is 54.2 Å². The summed E-state index contributed by atoms with van der Waals surface area (Å²) in [6.45, 7) is 6.70. The summed E-state index contributed by atoms with van der Waals surface area (Å²) >= 11 is 0. The van der Waals surface area contributed by atoms with Crippen molar-refractivity contribution in [2.75, 3.05) is 20.3 Å². The summed E-state index contributed by atoms with van der Waals surface area (Å²) in [4.78, 5) is 27.9. The Bertz CT molecular complexity index is 1100. The van der Waals surface area contributed by atoms with E-state index < -0.39 is 17.7 Å². The molecule has 2 atom stereocenters. The number of amides is 1. The summed E-state index contributed by atoms with van der Waals surface area (Å²) < 4.78 is 16.8. The first-order valence-electron chi connectivity index (χ1n) is 11.6. The lowest BCUT2D eigenvalue weighted by molar-refractivity contribution is -0.140. The van der Waals surface area contributed by atoms with Gasteiger partial charge >= 0.3 is 0 Å². The third-order valence-corrected chi connectivity index (χ3v) is 6.21. The van der Waals surface area contributed by atoms with Crippen molar-refractivity contribution in [2.24, 2.45) is 0 Å². The van der Waals surface area contributed by atoms with Crippen LogP contribution in [0.5, 0.6) is 11.5 Å². The molecule has 0 aliphatic carbocycles. The van der Waals surface area contributed by atoms with Gasteiger partial charge in [-0.05, 0) is 75.1 Å². The van der Waals surface area contributed by atoms with Crippen molar-refractivity contribution in [3.8, 4) is 11.5 Å². The zero-order valence-electron chi connectivity index (χ0n) is 20.0. The number of ether oxygens (including phenoxy) is 3. The van der Waals surface area contributed by atoms with E-state index in [9.17, 15) is 14.7 Å². The fourth-order valence-corrected chi connectivity index (χ4v) is 4.55. The number of benzene rings is 2. The molecule has 2 saturated heterocycles. The van der Waals surface area contributed by atoms with Gasteiger partial charge in [-0.1, -0.05) is 12.1 Å². The predicted octanol–water partition coefficient (Wildman–Crippen LogP) is 4.39. The number of aliphatic hydroxyl groups is 1. The molecule has 2 aliphatic heterocycles. The van der Waals surface area contributed by atoms with Crippen LogP contribution >= 0.6 is 0 Å². The first kappa shape index (κ1) is 23.8. The molecule has 2 aromatic rings. The standard InChI is InChI=1S/C27H31NO6/c1-16(2)34-22-12-9-19(14-17(22)3)25(29)23-24(18-7-10-20(32-4)11-8-18)28(27(31)26(23)30)15-21-6-5-13-33-21/h7-12,14,16,21,24,29H,5-6,13,15H2,1-4H3/b25-23-. The highest BCUT2D eigenvalue weighted by Crippen LogP contribution is 2.41. The Labute approximate surface area is 199 Å². The molecule has 1 N–H and O–H groups in total. The number of carbonyl (C=O) groups excluding carboxylic acids is 2. The van der Waals surface area contributed by atoms with E-state index in [1.54, 1.807) is 37.4 Å². The molecule has 180 valence electrons. The summed E-state index contributed by atoms with van der Waals surface area (Å²) in [5.74, 6) is -0.160. The highest BCUT2D eigenvalue weighted by molar-refractivity contribution is 6.46. The molecule has 34 heavy (non-hydrogen) atoms. The second-order valence-corrected chi connectivity index (χ2v) is 9.01. The van der Waals surface area contributed by atoms with Crippen LogP contribution in [0.2, 0.25) is 0 Å². The maximum atomic E-state index is 13.2. The van der Waals surface area contributed by atoms with E-state index in [1.807, 2.05) is 32.9 Å². The van der Waals surface area contributed by atoms with Crippen molar-refractivity contribution in [1.82, 2.24) is 4.90 Å². The third-order valence-electron chi connectivity index (χ3n) is 6.21. The van der Waals surface area contributed by atoms with Crippen LogP contribution in [0.1, 0.15) is 49.4 Å². The van der Waals surface area contributed by atoms with E-state index in [2.05, 4.69) is 0 Å². The van der Waals surface area contributed by atoms with Gasteiger partial charge in [-0.15, -0.1) is 0 Å². The number of Topliss-reactive ketones (excluding diaryl/α,β-unsaturated/α-hetero) is 1. The number of hydrogen-bond donors (Lipinski definition) is 1. The van der Waals surface area contributed by atoms with Gasteiger partial charge in [0.2, 0.25) is 0 Å². The molecule has 0 bridgehead atoms. The first-order valence-corrected chi connectivity index (χ1v) is 11.6. The second-order valence-electron chi connectivity index (χ2n) is 9.01. The third kappa shape index (κ3) is 4.66. The molecule has 0 aromatic heterocycles. The number of ketones is 1. The number of nitrogens with zero attached hydrogens (tertiary/aromatic N) is 1. The van der Waals surface area contributed by atoms with Gasteiger partial charge in [0, 0.05) is 18.7 Å². The summed E-state index contributed by atoms with van der Waals surface area (Å²) in [7, 11) is 1.58. The largest absolute Gasteiger partial charge is 0.507 e. The summed E-state index contributed by atoms with van der Waals surface area (Å²) in [6, 6.07) is 11.7. The van der Waals surface area contributed by atoms with E-state index in [-0.39, 0.29) is 30.1 Å². The smallest absolute Gasteiger partial charge is 0.295 e. The Kier molecular flexibility index (Phi) is 6.93. The van der Waals surface area contributed by atoms with Crippen molar-refractivity contribution in [3.63, 3.8) is 0 Å². The Morgan fingerprint density at radius 2 is 1.91 bits per heavy atom. The van der Waals surface area contributed by atoms with E-state index in [0.29, 0.717) is 23.7 Å². The second kappa shape index (κ2) is 9.89. The van der Waals surface area contributed by atoms with Crippen LogP contribution in [0.25, 0.3) is 5.76 Å². The summed E-state index contributed by atoms with van der Waals surface area (Å²) in [5.41, 5.74) is 2.08. The highest BCUT2D eigenvalue weighted by Gasteiger charge is 2.47. The molecule has 2 heterocycles. The molecule has 0 spiro atoms. The monoisotopic (exact) mass is 465 g/mol. The van der Waals surface area contributed by atoms with Crippen LogP contribution in [0, 0.1) is 6.92 Å². The Hall–Kier alpha value is -3.32. The predicted molar refractivity (Wildman–Crippen MR) is 128 cm³/mol. The molecule has 0 saturated carbocycles. The van der Waals surface area contributed by atoms with Crippen LogP contribution in [-0.2, 0) is 14.3 Å². The lowest BCUT2D eigenvalue weighted by Gasteiger charge is -2.27. The van der Waals surface area contributed by atoms with Crippen molar-refractivity contribution in [2.45, 2.75) is 51.9 Å². The molecule has 7 nitrogen and oxygen atoms in total. The average molecular weight is 466 g/mol. The van der Waals surface area contributed by atoms with Crippen LogP contribution in [0.15, 0.2) is 48.0 Å². The van der Waals surface area contributed by atoms with Gasteiger partial charge < -0.3 is 24.2 Å². The number of methoxy groups -OCH3 is 1. The van der Waals surface area contributed by atoms with Gasteiger partial charge in [0.1, 0.15) is 17.3 Å². The maximum Gasteiger partial charge on any atom is 0.295 e. The van der Waals surface area contributed by atoms with Gasteiger partial charge in [0.15, 0.2) is 0 Å². The molecule has 7 heteroatoms. The van der Waals surface area contributed by atoms with Crippen molar-refractivity contribution < 1.29 is 28.9 Å². The van der Waals surface area contributed by atoms with Crippen LogP contribution < -0.4 is 9.47 Å². The molecular formula is C27H31NO6. The van der Waals surface area contributed by atoms with Crippen LogP contribution in [0.3, 0.4) is 0 Å². The van der Waals surface area contributed by atoms with Gasteiger partial charge in [0.25, 0.3) is 11.7 Å². The fraction of sp³-hybridized carbons (Fsp3) is 0.407. The zero-order chi connectivity index (χ0) is 24.4. The normalized spacial score (nSPS) is 22.0. The minimum atomic E-state index is -0.720. The number of likely N-dealkylation sites (tertiary alicyclic amines) is 1. The SMILES string of the molecule is COc1ccc(C2/C(=C(/O)c3ccc(OC(C)C)c(C)c3)C(=O)C(=O)N2CC2CCCO2)cc1. The molecule has 0 radical (unpaired) electrons. The maximum absolute atomic E-state index is 13.2. The number of aliphatic hydroxyl groups excluding tert-OH is 1. The van der Waals surface area contributed by atoms with E-state index in [1.165, 1.54) is 4.90 Å². The average Bonchev–Trinajstić information content (AvgIpc) is 3.42. The minimum absolute atomic E-state index is 0.0105. The number of carbonyl (C=O) groups is 2. The fourth-order valence-electron chi connectivity index (χ4n) is 4.55. The molecule has 1 amide bonds. The van der Waals surface area contributed by atoms with E-state index in [0.717, 1.165) is 24.0 Å². The summed E-state index contributed by atoms with van der Waals surface area (Å²) in [6.07, 6.45) is 1.63. The van der Waals surface area contributed by atoms with Crippen LogP contribution in [0.4, 0.5) is 0 Å². The molecule has 2 fully saturated rings. The zero-order valence-corrected chi connectivity index (χ0v) is 20.0. The van der Waals surface area contributed by atoms with Crippen molar-refractivity contribution >= 4 is 17.4 Å². The van der Waals surface area contributed by atoms with Gasteiger partial charge in [-0.25, -0.2) is 0 Å². The number of aryl methyl sites for hydroxylation is 1. The summed E-state index contributed by atoms with van der Waals surface area (Å²) in [5, 5.41) is 11.3. The Balaban J connectivity index is 1.78. The van der Waals surface area contributed by atoms with E-state index in [4.69, 9.17) is 14.2 Å². The van der Waals surface area contributed by atoms with Gasteiger partial charge in [-0.2, -0.15) is 0 Å². The molecule has 4 rings (SSSR count). The molecule has 2 unspecified atom stereocenters. The quantitative estimate of drug-likeness (QED) is 0.371. The van der Waals surface area contributed by atoms with Gasteiger partial charge in [-0.3, -0.25) is 9.59 Å². The lowest BCUT2D eigenvalue weighted by Crippen LogP contribution is -2.36. The minimum Gasteiger partial charge on any atom is -0.507 e. The molecule has 2 aliphatic rings. The molecule has 2 aromatic carbocycles. The van der Waals surface area contributed by atoms with Crippen molar-refractivity contribution in [3.05, 3.63) is 64.7 Å². The lowest BCUT2D eigenvalue weighted by atomic mass is 9.94. The first-order chi connectivity index (χ1) is 16.3. The number of rotatable bonds is 7. The van der Waals surface area contributed by atoms with Gasteiger partial charge in [0.05, 0.1) is 30.9 Å². The van der Waals surface area contributed by atoms with E-state index >= 15 is 0 Å². The Morgan fingerprint density at radius 1 is 1.18 bits per heavy atom. The van der Waals surface area contributed by atoms with Crippen molar-refractivity contribution in [1.29, 1.82) is 0 Å². The Morgan fingerprint density at radius 3 is 2.50 bits per heavy atom.